The minimum Gasteiger partial charge on any atom is -0.507 e. The van der Waals surface area contributed by atoms with Gasteiger partial charge in [-0.25, -0.2) is 4.79 Å². The maximum Gasteiger partial charge on any atom is 0.336 e. The predicted molar refractivity (Wildman–Crippen MR) is 55.1 cm³/mol. The van der Waals surface area contributed by atoms with E-state index in [4.69, 9.17) is 5.11 Å². The van der Waals surface area contributed by atoms with Gasteiger partial charge in [-0.05, 0) is 24.6 Å². The number of nitrogens with zero attached hydrogens (tertiary/aromatic N) is 1. The van der Waals surface area contributed by atoms with Gasteiger partial charge < -0.3 is 10.2 Å². The van der Waals surface area contributed by atoms with Gasteiger partial charge in [0.05, 0.1) is 16.5 Å². The van der Waals surface area contributed by atoms with Crippen molar-refractivity contribution in [2.75, 3.05) is 0 Å². The summed E-state index contributed by atoms with van der Waals surface area (Å²) in [4.78, 5) is 14.9. The van der Waals surface area contributed by atoms with Crippen LogP contribution in [0.15, 0.2) is 24.4 Å². The fourth-order valence-corrected chi connectivity index (χ4v) is 1.51. The quantitative estimate of drug-likeness (QED) is 0.743. The van der Waals surface area contributed by atoms with E-state index in [2.05, 4.69) is 4.98 Å². The van der Waals surface area contributed by atoms with Gasteiger partial charge in [0.15, 0.2) is 0 Å². The molecule has 0 saturated carbocycles. The van der Waals surface area contributed by atoms with Crippen molar-refractivity contribution in [3.8, 4) is 5.75 Å². The van der Waals surface area contributed by atoms with Crippen molar-refractivity contribution < 1.29 is 15.0 Å². The molecule has 1 aromatic heterocycles. The second-order valence-electron chi connectivity index (χ2n) is 3.29. The Hall–Kier alpha value is -2.10. The Bertz CT molecular complexity index is 549. The summed E-state index contributed by atoms with van der Waals surface area (Å²) < 4.78 is 0. The number of aromatic nitrogens is 1. The number of aromatic carboxylic acids is 1. The number of carbonyl (C=O) groups is 1. The lowest BCUT2D eigenvalue weighted by Crippen LogP contribution is -1.98. The largest absolute Gasteiger partial charge is 0.507 e. The van der Waals surface area contributed by atoms with E-state index >= 15 is 0 Å². The third kappa shape index (κ3) is 1.40. The standard InChI is InChI=1S/C11H9NO3/c1-6-2-3-8-9(10(6)13)7(11(14)15)4-5-12-8/h2-5,13H,1H3,(H,14,15). The number of hydrogen-bond acceptors (Lipinski definition) is 3. The fourth-order valence-electron chi connectivity index (χ4n) is 1.51. The molecule has 1 aromatic carbocycles. The predicted octanol–water partition coefficient (Wildman–Crippen LogP) is 1.95. The monoisotopic (exact) mass is 203 g/mol. The summed E-state index contributed by atoms with van der Waals surface area (Å²) in [5.74, 6) is -1.08. The molecule has 76 valence electrons. The maximum absolute atomic E-state index is 10.9. The Morgan fingerprint density at radius 1 is 1.33 bits per heavy atom. The van der Waals surface area contributed by atoms with Crippen molar-refractivity contribution in [3.05, 3.63) is 35.5 Å². The maximum atomic E-state index is 10.9. The van der Waals surface area contributed by atoms with Crippen molar-refractivity contribution in [3.63, 3.8) is 0 Å². The molecular weight excluding hydrogens is 194 g/mol. The molecule has 0 atom stereocenters. The highest BCUT2D eigenvalue weighted by Gasteiger charge is 2.13. The Morgan fingerprint density at radius 2 is 2.07 bits per heavy atom. The van der Waals surface area contributed by atoms with Crippen LogP contribution < -0.4 is 0 Å². The molecule has 1 heterocycles. The summed E-state index contributed by atoms with van der Waals surface area (Å²) in [7, 11) is 0. The number of benzene rings is 1. The average molecular weight is 203 g/mol. The van der Waals surface area contributed by atoms with Gasteiger partial charge in [-0.1, -0.05) is 6.07 Å². The molecular formula is C11H9NO3. The molecule has 0 radical (unpaired) electrons. The van der Waals surface area contributed by atoms with Crippen molar-refractivity contribution in [2.45, 2.75) is 6.92 Å². The van der Waals surface area contributed by atoms with Gasteiger partial charge >= 0.3 is 5.97 Å². The Kier molecular flexibility index (Phi) is 2.04. The zero-order valence-electron chi connectivity index (χ0n) is 8.06. The summed E-state index contributed by atoms with van der Waals surface area (Å²) in [5, 5.41) is 19.0. The van der Waals surface area contributed by atoms with Crippen LogP contribution in [0.1, 0.15) is 15.9 Å². The average Bonchev–Trinajstić information content (AvgIpc) is 2.23. The van der Waals surface area contributed by atoms with Crippen LogP contribution in [-0.2, 0) is 0 Å². The molecule has 2 aromatic rings. The highest BCUT2D eigenvalue weighted by atomic mass is 16.4. The van der Waals surface area contributed by atoms with Crippen LogP contribution in [0, 0.1) is 6.92 Å². The molecule has 2 N–H and O–H groups in total. The van der Waals surface area contributed by atoms with Crippen LogP contribution in [0.4, 0.5) is 0 Å². The van der Waals surface area contributed by atoms with E-state index in [0.717, 1.165) is 0 Å². The van der Waals surface area contributed by atoms with E-state index in [1.165, 1.54) is 12.3 Å². The van der Waals surface area contributed by atoms with E-state index in [-0.39, 0.29) is 11.3 Å². The number of hydrogen-bond donors (Lipinski definition) is 2. The zero-order chi connectivity index (χ0) is 11.0. The third-order valence-corrected chi connectivity index (χ3v) is 2.31. The topological polar surface area (TPSA) is 70.4 Å². The summed E-state index contributed by atoms with van der Waals surface area (Å²) in [6.45, 7) is 1.72. The number of fused-ring (bicyclic) bond motifs is 1. The van der Waals surface area contributed by atoms with E-state index < -0.39 is 5.97 Å². The van der Waals surface area contributed by atoms with Crippen molar-refractivity contribution >= 4 is 16.9 Å². The number of carboxylic acids is 1. The van der Waals surface area contributed by atoms with Gasteiger partial charge in [0.25, 0.3) is 0 Å². The summed E-state index contributed by atoms with van der Waals surface area (Å²) in [5.41, 5.74) is 1.19. The van der Waals surface area contributed by atoms with Crippen LogP contribution in [0.2, 0.25) is 0 Å². The first-order valence-corrected chi connectivity index (χ1v) is 4.42. The van der Waals surface area contributed by atoms with E-state index in [9.17, 15) is 9.90 Å². The van der Waals surface area contributed by atoms with Gasteiger partial charge in [0.2, 0.25) is 0 Å². The second kappa shape index (κ2) is 3.24. The van der Waals surface area contributed by atoms with Gasteiger partial charge in [0.1, 0.15) is 5.75 Å². The lowest BCUT2D eigenvalue weighted by molar-refractivity contribution is 0.0698. The molecule has 0 bridgehead atoms. The number of aromatic hydroxyl groups is 1. The lowest BCUT2D eigenvalue weighted by atomic mass is 10.1. The smallest absolute Gasteiger partial charge is 0.336 e. The van der Waals surface area contributed by atoms with Crippen LogP contribution in [0.5, 0.6) is 5.75 Å². The number of aryl methyl sites for hydroxylation is 1. The number of phenolic OH excluding ortho intramolecular Hbond substituents is 1. The minimum atomic E-state index is -1.07. The second-order valence-corrected chi connectivity index (χ2v) is 3.29. The first-order chi connectivity index (χ1) is 7.11. The van der Waals surface area contributed by atoms with Crippen LogP contribution in [0.3, 0.4) is 0 Å². The van der Waals surface area contributed by atoms with Crippen molar-refractivity contribution in [1.82, 2.24) is 4.98 Å². The molecule has 0 spiro atoms. The Morgan fingerprint density at radius 3 is 2.73 bits per heavy atom. The normalized spacial score (nSPS) is 10.5. The number of phenols is 1. The molecule has 4 heteroatoms. The molecule has 0 aliphatic heterocycles. The molecule has 2 rings (SSSR count). The van der Waals surface area contributed by atoms with Gasteiger partial charge in [0, 0.05) is 6.20 Å². The highest BCUT2D eigenvalue weighted by molar-refractivity contribution is 6.05. The zero-order valence-corrected chi connectivity index (χ0v) is 8.06. The Labute approximate surface area is 85.8 Å². The van der Waals surface area contributed by atoms with Gasteiger partial charge in [-0.15, -0.1) is 0 Å². The van der Waals surface area contributed by atoms with Gasteiger partial charge in [-0.2, -0.15) is 0 Å². The summed E-state index contributed by atoms with van der Waals surface area (Å²) in [6, 6.07) is 4.77. The molecule has 15 heavy (non-hydrogen) atoms. The first kappa shape index (κ1) is 9.45. The molecule has 0 aliphatic carbocycles. The number of carboxylic acid groups (broad SMARTS) is 1. The number of pyridine rings is 1. The molecule has 0 amide bonds. The van der Waals surface area contributed by atoms with E-state index in [1.54, 1.807) is 19.1 Å². The van der Waals surface area contributed by atoms with E-state index in [0.29, 0.717) is 16.5 Å². The van der Waals surface area contributed by atoms with Crippen LogP contribution >= 0.6 is 0 Å². The van der Waals surface area contributed by atoms with Gasteiger partial charge in [-0.3, -0.25) is 4.98 Å². The molecule has 0 aliphatic rings. The lowest BCUT2D eigenvalue weighted by Gasteiger charge is -2.06. The van der Waals surface area contributed by atoms with E-state index in [1.807, 2.05) is 0 Å². The fraction of sp³-hybridized carbons (Fsp3) is 0.0909. The number of rotatable bonds is 1. The van der Waals surface area contributed by atoms with Crippen molar-refractivity contribution in [2.24, 2.45) is 0 Å². The summed E-state index contributed by atoms with van der Waals surface area (Å²) >= 11 is 0. The SMILES string of the molecule is Cc1ccc2nccc(C(=O)O)c2c1O. The highest BCUT2D eigenvalue weighted by Crippen LogP contribution is 2.29. The van der Waals surface area contributed by atoms with Crippen LogP contribution in [0.25, 0.3) is 10.9 Å². The molecule has 0 saturated heterocycles. The Balaban J connectivity index is 2.94. The molecule has 0 unspecified atom stereocenters. The minimum absolute atomic E-state index is 0.0157. The summed E-state index contributed by atoms with van der Waals surface area (Å²) in [6.07, 6.45) is 1.42. The molecule has 0 fully saturated rings. The van der Waals surface area contributed by atoms with Crippen LogP contribution in [-0.4, -0.2) is 21.2 Å². The first-order valence-electron chi connectivity index (χ1n) is 4.42. The molecule has 4 nitrogen and oxygen atoms in total. The van der Waals surface area contributed by atoms with Crippen molar-refractivity contribution in [1.29, 1.82) is 0 Å². The third-order valence-electron chi connectivity index (χ3n) is 2.31.